The summed E-state index contributed by atoms with van der Waals surface area (Å²) in [6, 6.07) is 2.01. The van der Waals surface area contributed by atoms with E-state index in [9.17, 15) is 27.9 Å². The highest BCUT2D eigenvalue weighted by Gasteiger charge is 2.35. The van der Waals surface area contributed by atoms with Crippen molar-refractivity contribution in [3.63, 3.8) is 0 Å². The minimum Gasteiger partial charge on any atom is -0.391 e. The van der Waals surface area contributed by atoms with Crippen molar-refractivity contribution in [2.24, 2.45) is 11.7 Å². The third kappa shape index (κ3) is 4.41. The molecule has 2 amide bonds. The Morgan fingerprint density at radius 2 is 2.04 bits per heavy atom. The van der Waals surface area contributed by atoms with Crippen LogP contribution >= 0.6 is 0 Å². The van der Waals surface area contributed by atoms with Crippen molar-refractivity contribution >= 4 is 11.8 Å². The smallest absolute Gasteiger partial charge is 0.391 e. The van der Waals surface area contributed by atoms with Gasteiger partial charge >= 0.3 is 6.18 Å². The second kappa shape index (κ2) is 6.53. The molecule has 2 atom stereocenters. The number of β-amino-alcohol motifs (C(OH)–C–C–N with tert-alkyl or cyclic N) is 1. The molecule has 23 heavy (non-hydrogen) atoms. The third-order valence-corrected chi connectivity index (χ3v) is 3.69. The fourth-order valence-corrected chi connectivity index (χ4v) is 2.50. The van der Waals surface area contributed by atoms with Gasteiger partial charge in [0.1, 0.15) is 5.69 Å². The van der Waals surface area contributed by atoms with Gasteiger partial charge in [0.25, 0.3) is 0 Å². The highest BCUT2D eigenvalue weighted by molar-refractivity contribution is 5.79. The highest BCUT2D eigenvalue weighted by Crippen LogP contribution is 2.27. The van der Waals surface area contributed by atoms with Gasteiger partial charge in [0.2, 0.25) is 11.8 Å². The molecule has 0 aromatic carbocycles. The van der Waals surface area contributed by atoms with Crippen LogP contribution in [0, 0.1) is 5.92 Å². The van der Waals surface area contributed by atoms with Gasteiger partial charge in [-0.25, -0.2) is 0 Å². The Morgan fingerprint density at radius 1 is 1.35 bits per heavy atom. The zero-order chi connectivity index (χ0) is 17.2. The van der Waals surface area contributed by atoms with Crippen LogP contribution in [0.15, 0.2) is 18.3 Å². The number of halogens is 3. The van der Waals surface area contributed by atoms with Crippen molar-refractivity contribution in [2.45, 2.75) is 25.1 Å². The molecular formula is C14H16F3N3O3. The van der Waals surface area contributed by atoms with Gasteiger partial charge in [0, 0.05) is 31.6 Å². The summed E-state index contributed by atoms with van der Waals surface area (Å²) < 4.78 is 37.2. The maximum atomic E-state index is 12.4. The molecule has 1 aliphatic heterocycles. The van der Waals surface area contributed by atoms with E-state index in [4.69, 9.17) is 5.73 Å². The second-order valence-corrected chi connectivity index (χ2v) is 5.52. The number of hydrogen-bond donors (Lipinski definition) is 2. The largest absolute Gasteiger partial charge is 0.433 e. The van der Waals surface area contributed by atoms with Gasteiger partial charge in [-0.15, -0.1) is 0 Å². The van der Waals surface area contributed by atoms with Crippen molar-refractivity contribution in [2.75, 3.05) is 13.1 Å². The van der Waals surface area contributed by atoms with E-state index < -0.39 is 29.8 Å². The molecule has 0 aliphatic carbocycles. The Bertz CT molecular complexity index is 589. The number of primary amides is 1. The molecule has 2 heterocycles. The molecule has 6 nitrogen and oxygen atoms in total. The SMILES string of the molecule is NC(=O)C[C@@H]1CN(C(=O)Cc2ccc(C(F)(F)F)nc2)C[C@H]1O. The van der Waals surface area contributed by atoms with Crippen LogP contribution in [-0.2, 0) is 22.2 Å². The van der Waals surface area contributed by atoms with Crippen molar-refractivity contribution in [3.8, 4) is 0 Å². The van der Waals surface area contributed by atoms with E-state index in [1.165, 1.54) is 11.0 Å². The number of rotatable bonds is 4. The summed E-state index contributed by atoms with van der Waals surface area (Å²) in [5, 5.41) is 9.81. The Morgan fingerprint density at radius 3 is 2.57 bits per heavy atom. The predicted octanol–water partition coefficient (Wildman–Crippen LogP) is 0.338. The maximum absolute atomic E-state index is 12.4. The number of pyridine rings is 1. The summed E-state index contributed by atoms with van der Waals surface area (Å²) in [7, 11) is 0. The molecule has 1 aromatic rings. The molecule has 0 unspecified atom stereocenters. The first-order chi connectivity index (χ1) is 10.7. The van der Waals surface area contributed by atoms with Gasteiger partial charge in [-0.1, -0.05) is 6.07 Å². The molecule has 1 aromatic heterocycles. The molecule has 1 fully saturated rings. The molecule has 3 N–H and O–H groups in total. The number of nitrogens with two attached hydrogens (primary N) is 1. The molecule has 0 saturated carbocycles. The number of aliphatic hydroxyl groups excluding tert-OH is 1. The summed E-state index contributed by atoms with van der Waals surface area (Å²) >= 11 is 0. The number of aliphatic hydroxyl groups is 1. The van der Waals surface area contributed by atoms with Gasteiger partial charge in [-0.05, 0) is 11.6 Å². The van der Waals surface area contributed by atoms with Crippen LogP contribution in [-0.4, -0.2) is 46.0 Å². The minimum absolute atomic E-state index is 0.0210. The van der Waals surface area contributed by atoms with Gasteiger partial charge in [-0.2, -0.15) is 13.2 Å². The fourth-order valence-electron chi connectivity index (χ4n) is 2.50. The van der Waals surface area contributed by atoms with Gasteiger partial charge in [0.05, 0.1) is 12.5 Å². The second-order valence-electron chi connectivity index (χ2n) is 5.52. The van der Waals surface area contributed by atoms with Crippen LogP contribution < -0.4 is 5.73 Å². The van der Waals surface area contributed by atoms with Crippen molar-refractivity contribution in [3.05, 3.63) is 29.6 Å². The van der Waals surface area contributed by atoms with E-state index in [1.54, 1.807) is 0 Å². The lowest BCUT2D eigenvalue weighted by Gasteiger charge is -2.16. The van der Waals surface area contributed by atoms with Crippen molar-refractivity contribution < 1.29 is 27.9 Å². The van der Waals surface area contributed by atoms with Crippen molar-refractivity contribution in [1.29, 1.82) is 0 Å². The highest BCUT2D eigenvalue weighted by atomic mass is 19.4. The molecule has 1 saturated heterocycles. The molecule has 9 heteroatoms. The monoisotopic (exact) mass is 331 g/mol. The van der Waals surface area contributed by atoms with Crippen LogP contribution in [0.2, 0.25) is 0 Å². The molecule has 2 rings (SSSR count). The first kappa shape index (κ1) is 17.2. The number of likely N-dealkylation sites (tertiary alicyclic amines) is 1. The average molecular weight is 331 g/mol. The van der Waals surface area contributed by atoms with E-state index in [-0.39, 0.29) is 31.8 Å². The van der Waals surface area contributed by atoms with E-state index in [0.717, 1.165) is 12.3 Å². The fraction of sp³-hybridized carbons (Fsp3) is 0.500. The molecule has 0 spiro atoms. The quantitative estimate of drug-likeness (QED) is 0.831. The van der Waals surface area contributed by atoms with Crippen LogP contribution in [0.25, 0.3) is 0 Å². The number of aromatic nitrogens is 1. The number of hydrogen-bond acceptors (Lipinski definition) is 4. The predicted molar refractivity (Wildman–Crippen MR) is 72.8 cm³/mol. The van der Waals surface area contributed by atoms with Crippen molar-refractivity contribution in [1.82, 2.24) is 9.88 Å². The van der Waals surface area contributed by atoms with Crippen LogP contribution in [0.3, 0.4) is 0 Å². The van der Waals surface area contributed by atoms with Gasteiger partial charge in [-0.3, -0.25) is 14.6 Å². The number of amides is 2. The van der Waals surface area contributed by atoms with Crippen LogP contribution in [0.1, 0.15) is 17.7 Å². The van der Waals surface area contributed by atoms with E-state index >= 15 is 0 Å². The Labute approximate surface area is 130 Å². The zero-order valence-corrected chi connectivity index (χ0v) is 12.1. The van der Waals surface area contributed by atoms with E-state index in [0.29, 0.717) is 5.56 Å². The lowest BCUT2D eigenvalue weighted by molar-refractivity contribution is -0.141. The summed E-state index contributed by atoms with van der Waals surface area (Å²) in [5.74, 6) is -1.32. The standard InChI is InChI=1S/C14H16F3N3O3/c15-14(16,17)11-2-1-8(5-19-11)3-13(23)20-6-9(4-12(18)22)10(21)7-20/h1-2,5,9-10,21H,3-4,6-7H2,(H2,18,22)/t9-,10-/m1/s1. The third-order valence-electron chi connectivity index (χ3n) is 3.69. The topological polar surface area (TPSA) is 96.5 Å². The summed E-state index contributed by atoms with van der Waals surface area (Å²) in [4.78, 5) is 27.7. The number of carbonyl (C=O) groups is 2. The van der Waals surface area contributed by atoms with E-state index in [2.05, 4.69) is 4.98 Å². The summed E-state index contributed by atoms with van der Waals surface area (Å²) in [6.07, 6.45) is -4.50. The molecule has 0 radical (unpaired) electrons. The van der Waals surface area contributed by atoms with Crippen LogP contribution in [0.4, 0.5) is 13.2 Å². The number of carbonyl (C=O) groups excluding carboxylic acids is 2. The normalized spacial score (nSPS) is 21.5. The summed E-state index contributed by atoms with van der Waals surface area (Å²) in [5.41, 5.74) is 4.40. The molecular weight excluding hydrogens is 315 g/mol. The Balaban J connectivity index is 1.96. The maximum Gasteiger partial charge on any atom is 0.433 e. The number of alkyl halides is 3. The molecule has 126 valence electrons. The first-order valence-electron chi connectivity index (χ1n) is 6.93. The minimum atomic E-state index is -4.52. The first-order valence-corrected chi connectivity index (χ1v) is 6.93. The molecule has 0 bridgehead atoms. The molecule has 1 aliphatic rings. The van der Waals surface area contributed by atoms with Gasteiger partial charge < -0.3 is 15.7 Å². The Kier molecular flexibility index (Phi) is 4.88. The van der Waals surface area contributed by atoms with Crippen LogP contribution in [0.5, 0.6) is 0 Å². The lowest BCUT2D eigenvalue weighted by atomic mass is 10.0. The lowest BCUT2D eigenvalue weighted by Crippen LogP contribution is -2.31. The number of nitrogens with zero attached hydrogens (tertiary/aromatic N) is 2. The van der Waals surface area contributed by atoms with Gasteiger partial charge in [0.15, 0.2) is 0 Å². The Hall–Kier alpha value is -2.16. The van der Waals surface area contributed by atoms with E-state index in [1.807, 2.05) is 0 Å². The zero-order valence-electron chi connectivity index (χ0n) is 12.1. The summed E-state index contributed by atoms with van der Waals surface area (Å²) in [6.45, 7) is 0.266. The average Bonchev–Trinajstić information content (AvgIpc) is 2.79.